The standard InChI is InChI=1S/C14H21N3O3S/c1-10-5-6-11(8-13(10)15)14(18)17-7-3-4-12(9-17)16-21(2,19)20/h5-6,8,12,16H,3-4,7,9,15H2,1-2H3. The number of hydrogen-bond acceptors (Lipinski definition) is 4. The average Bonchev–Trinajstić information content (AvgIpc) is 2.39. The van der Waals surface area contributed by atoms with Gasteiger partial charge in [0.05, 0.1) is 6.26 Å². The smallest absolute Gasteiger partial charge is 0.253 e. The fraction of sp³-hybridized carbons (Fsp3) is 0.500. The van der Waals surface area contributed by atoms with E-state index in [4.69, 9.17) is 5.73 Å². The second-order valence-electron chi connectivity index (χ2n) is 5.55. The van der Waals surface area contributed by atoms with Crippen LogP contribution in [0.3, 0.4) is 0 Å². The van der Waals surface area contributed by atoms with E-state index in [1.807, 2.05) is 13.0 Å². The van der Waals surface area contributed by atoms with Crippen molar-refractivity contribution in [3.8, 4) is 0 Å². The number of nitrogen functional groups attached to an aromatic ring is 1. The number of amides is 1. The van der Waals surface area contributed by atoms with Gasteiger partial charge in [0.15, 0.2) is 0 Å². The van der Waals surface area contributed by atoms with Gasteiger partial charge in [0, 0.05) is 30.4 Å². The average molecular weight is 311 g/mol. The summed E-state index contributed by atoms with van der Waals surface area (Å²) in [5, 5.41) is 0. The van der Waals surface area contributed by atoms with E-state index in [2.05, 4.69) is 4.72 Å². The highest BCUT2D eigenvalue weighted by molar-refractivity contribution is 7.88. The molecule has 0 aliphatic carbocycles. The Morgan fingerprint density at radius 3 is 2.76 bits per heavy atom. The van der Waals surface area contributed by atoms with Crippen LogP contribution < -0.4 is 10.5 Å². The van der Waals surface area contributed by atoms with Crippen molar-refractivity contribution in [2.75, 3.05) is 25.1 Å². The third-order valence-corrected chi connectivity index (χ3v) is 4.38. The molecule has 1 aromatic carbocycles. The summed E-state index contributed by atoms with van der Waals surface area (Å²) in [4.78, 5) is 14.1. The minimum atomic E-state index is -3.26. The van der Waals surface area contributed by atoms with Crippen LogP contribution in [0.25, 0.3) is 0 Å². The number of rotatable bonds is 3. The van der Waals surface area contributed by atoms with Crippen LogP contribution in [0.1, 0.15) is 28.8 Å². The van der Waals surface area contributed by atoms with E-state index < -0.39 is 10.0 Å². The van der Waals surface area contributed by atoms with Gasteiger partial charge in [-0.25, -0.2) is 13.1 Å². The summed E-state index contributed by atoms with van der Waals surface area (Å²) in [5.41, 5.74) is 7.90. The number of likely N-dealkylation sites (tertiary alicyclic amines) is 1. The number of carbonyl (C=O) groups excluding carboxylic acids is 1. The molecule has 1 fully saturated rings. The van der Waals surface area contributed by atoms with Crippen molar-refractivity contribution in [1.29, 1.82) is 0 Å². The van der Waals surface area contributed by atoms with Crippen LogP contribution in [-0.2, 0) is 10.0 Å². The molecule has 1 unspecified atom stereocenters. The highest BCUT2D eigenvalue weighted by atomic mass is 32.2. The number of sulfonamides is 1. The van der Waals surface area contributed by atoms with Gasteiger partial charge >= 0.3 is 0 Å². The van der Waals surface area contributed by atoms with Crippen LogP contribution in [0.4, 0.5) is 5.69 Å². The van der Waals surface area contributed by atoms with E-state index in [1.165, 1.54) is 0 Å². The van der Waals surface area contributed by atoms with Crippen LogP contribution in [0.5, 0.6) is 0 Å². The molecule has 1 aliphatic heterocycles. The molecule has 6 nitrogen and oxygen atoms in total. The second kappa shape index (κ2) is 6.03. The van der Waals surface area contributed by atoms with E-state index >= 15 is 0 Å². The number of nitrogens with zero attached hydrogens (tertiary/aromatic N) is 1. The first kappa shape index (κ1) is 15.8. The molecule has 7 heteroatoms. The largest absolute Gasteiger partial charge is 0.398 e. The topological polar surface area (TPSA) is 92.5 Å². The van der Waals surface area contributed by atoms with Gasteiger partial charge < -0.3 is 10.6 Å². The van der Waals surface area contributed by atoms with Gasteiger partial charge in [-0.2, -0.15) is 0 Å². The lowest BCUT2D eigenvalue weighted by Crippen LogP contribution is -2.49. The molecule has 0 radical (unpaired) electrons. The van der Waals surface area contributed by atoms with Crippen molar-refractivity contribution in [2.45, 2.75) is 25.8 Å². The summed E-state index contributed by atoms with van der Waals surface area (Å²) in [5.74, 6) is -0.110. The lowest BCUT2D eigenvalue weighted by molar-refractivity contribution is 0.0703. The van der Waals surface area contributed by atoms with Crippen LogP contribution >= 0.6 is 0 Å². The molecule has 1 aliphatic rings. The van der Waals surface area contributed by atoms with Crippen molar-refractivity contribution in [2.24, 2.45) is 0 Å². The lowest BCUT2D eigenvalue weighted by Gasteiger charge is -2.32. The summed E-state index contributed by atoms with van der Waals surface area (Å²) >= 11 is 0. The monoisotopic (exact) mass is 311 g/mol. The van der Waals surface area contributed by atoms with Crippen molar-refractivity contribution in [3.63, 3.8) is 0 Å². The molecule has 1 atom stereocenters. The molecule has 0 bridgehead atoms. The Bertz CT molecular complexity index is 643. The fourth-order valence-electron chi connectivity index (χ4n) is 2.52. The van der Waals surface area contributed by atoms with E-state index in [9.17, 15) is 13.2 Å². The Balaban J connectivity index is 2.10. The first-order chi connectivity index (χ1) is 9.76. The van der Waals surface area contributed by atoms with Gasteiger partial charge in [0.2, 0.25) is 10.0 Å². The normalized spacial score (nSPS) is 19.5. The summed E-state index contributed by atoms with van der Waals surface area (Å²) in [7, 11) is -3.26. The zero-order valence-electron chi connectivity index (χ0n) is 12.3. The molecule has 116 valence electrons. The molecule has 0 aromatic heterocycles. The lowest BCUT2D eigenvalue weighted by atomic mass is 10.0. The Hall–Kier alpha value is -1.60. The molecule has 1 amide bonds. The minimum absolute atomic E-state index is 0.110. The maximum Gasteiger partial charge on any atom is 0.253 e. The van der Waals surface area contributed by atoms with E-state index in [-0.39, 0.29) is 11.9 Å². The highest BCUT2D eigenvalue weighted by Crippen LogP contribution is 2.18. The van der Waals surface area contributed by atoms with Gasteiger partial charge in [0.1, 0.15) is 0 Å². The van der Waals surface area contributed by atoms with E-state index in [1.54, 1.807) is 17.0 Å². The van der Waals surface area contributed by atoms with Gasteiger partial charge in [-0.1, -0.05) is 6.07 Å². The molecule has 1 heterocycles. The molecule has 21 heavy (non-hydrogen) atoms. The minimum Gasteiger partial charge on any atom is -0.398 e. The van der Waals surface area contributed by atoms with Crippen LogP contribution in [-0.4, -0.2) is 44.6 Å². The van der Waals surface area contributed by atoms with Gasteiger partial charge in [0.25, 0.3) is 5.91 Å². The number of hydrogen-bond donors (Lipinski definition) is 2. The molecule has 2 rings (SSSR count). The molecule has 3 N–H and O–H groups in total. The number of piperidine rings is 1. The SMILES string of the molecule is Cc1ccc(C(=O)N2CCCC(NS(C)(=O)=O)C2)cc1N. The van der Waals surface area contributed by atoms with Crippen molar-refractivity contribution < 1.29 is 13.2 Å². The van der Waals surface area contributed by atoms with Gasteiger partial charge in [-0.05, 0) is 37.5 Å². The maximum atomic E-state index is 12.5. The molecular formula is C14H21N3O3S. The second-order valence-corrected chi connectivity index (χ2v) is 7.33. The Kier molecular flexibility index (Phi) is 4.53. The Labute approximate surface area is 125 Å². The number of anilines is 1. The van der Waals surface area contributed by atoms with Crippen LogP contribution in [0.15, 0.2) is 18.2 Å². The van der Waals surface area contributed by atoms with E-state index in [0.29, 0.717) is 24.3 Å². The molecule has 1 aromatic rings. The van der Waals surface area contributed by atoms with Crippen molar-refractivity contribution in [3.05, 3.63) is 29.3 Å². The first-order valence-electron chi connectivity index (χ1n) is 6.89. The van der Waals surface area contributed by atoms with Crippen molar-refractivity contribution >= 4 is 21.6 Å². The zero-order valence-corrected chi connectivity index (χ0v) is 13.1. The third-order valence-electron chi connectivity index (χ3n) is 3.62. The molecular weight excluding hydrogens is 290 g/mol. The quantitative estimate of drug-likeness (QED) is 0.805. The number of aryl methyl sites for hydroxylation is 1. The molecule has 1 saturated heterocycles. The number of nitrogens with two attached hydrogens (primary N) is 1. The van der Waals surface area contributed by atoms with Gasteiger partial charge in [-0.15, -0.1) is 0 Å². The van der Waals surface area contributed by atoms with Gasteiger partial charge in [-0.3, -0.25) is 4.79 Å². The zero-order chi connectivity index (χ0) is 15.6. The summed E-state index contributed by atoms with van der Waals surface area (Å²) in [6.45, 7) is 2.91. The first-order valence-corrected chi connectivity index (χ1v) is 8.78. The Morgan fingerprint density at radius 2 is 2.14 bits per heavy atom. The summed E-state index contributed by atoms with van der Waals surface area (Å²) < 4.78 is 25.2. The van der Waals surface area contributed by atoms with Crippen molar-refractivity contribution in [1.82, 2.24) is 9.62 Å². The Morgan fingerprint density at radius 1 is 1.43 bits per heavy atom. The predicted octanol–water partition coefficient (Wildman–Crippen LogP) is 0.731. The summed E-state index contributed by atoms with van der Waals surface area (Å²) in [6, 6.07) is 5.02. The van der Waals surface area contributed by atoms with E-state index in [0.717, 1.165) is 24.7 Å². The van der Waals surface area contributed by atoms with Crippen LogP contribution in [0.2, 0.25) is 0 Å². The fourth-order valence-corrected chi connectivity index (χ4v) is 3.31. The number of carbonyl (C=O) groups is 1. The summed E-state index contributed by atoms with van der Waals surface area (Å²) in [6.07, 6.45) is 2.65. The number of nitrogens with one attached hydrogen (secondary N) is 1. The maximum absolute atomic E-state index is 12.5. The molecule has 0 spiro atoms. The highest BCUT2D eigenvalue weighted by Gasteiger charge is 2.26. The number of benzene rings is 1. The van der Waals surface area contributed by atoms with Crippen LogP contribution in [0, 0.1) is 6.92 Å². The third kappa shape index (κ3) is 4.18. The predicted molar refractivity (Wildman–Crippen MR) is 82.5 cm³/mol. The molecule has 0 saturated carbocycles.